The summed E-state index contributed by atoms with van der Waals surface area (Å²) >= 11 is 0. The molecule has 0 aromatic rings. The fraction of sp³-hybridized carbons (Fsp3) is 1.00. The Morgan fingerprint density at radius 1 is 0.727 bits per heavy atom. The van der Waals surface area contributed by atoms with E-state index in [-0.39, 0.29) is 31.0 Å². The molecule has 0 unspecified atom stereocenters. The molecule has 0 saturated carbocycles. The molecule has 1 nitrogen and oxygen atoms in total. The van der Waals surface area contributed by atoms with Crippen molar-refractivity contribution in [1.29, 1.82) is 0 Å². The molecule has 11 heavy (non-hydrogen) atoms. The lowest BCUT2D eigenvalue weighted by molar-refractivity contribution is -0.102. The summed E-state index contributed by atoms with van der Waals surface area (Å²) in [5.74, 6) is 0. The average Bonchev–Trinajstić information content (AvgIpc) is 1.14. The predicted octanol–water partition coefficient (Wildman–Crippen LogP) is 3.66. The van der Waals surface area contributed by atoms with Crippen molar-refractivity contribution in [3.05, 3.63) is 0 Å². The van der Waals surface area contributed by atoms with Gasteiger partial charge < -0.3 is 4.74 Å². The van der Waals surface area contributed by atoms with Crippen molar-refractivity contribution in [3.63, 3.8) is 0 Å². The minimum absolute atomic E-state index is 0. The molecule has 0 N–H and O–H groups in total. The van der Waals surface area contributed by atoms with Crippen LogP contribution in [0.2, 0.25) is 0 Å². The first-order chi connectivity index (χ1) is 3.71. The Morgan fingerprint density at radius 2 is 0.909 bits per heavy atom. The standard InChI is InChI=1S/C8H18O.CH4.ClH/c1-7(2,3)9-8(4,5)6;;/h1-6H3;1H4;1H. The van der Waals surface area contributed by atoms with Crippen molar-refractivity contribution >= 4 is 12.4 Å². The molecule has 0 aliphatic rings. The van der Waals surface area contributed by atoms with Gasteiger partial charge in [0.05, 0.1) is 11.2 Å². The number of rotatable bonds is 0. The predicted molar refractivity (Wildman–Crippen MR) is 54.6 cm³/mol. The van der Waals surface area contributed by atoms with Gasteiger partial charge in [-0.2, -0.15) is 0 Å². The Bertz CT molecular complexity index is 74.7. The summed E-state index contributed by atoms with van der Waals surface area (Å²) in [5, 5.41) is 0. The van der Waals surface area contributed by atoms with Crippen molar-refractivity contribution in [2.75, 3.05) is 0 Å². The second kappa shape index (κ2) is 5.00. The van der Waals surface area contributed by atoms with E-state index in [1.165, 1.54) is 0 Å². The molecule has 2 heteroatoms. The van der Waals surface area contributed by atoms with E-state index in [1.54, 1.807) is 0 Å². The van der Waals surface area contributed by atoms with Crippen LogP contribution >= 0.6 is 12.4 Å². The maximum absolute atomic E-state index is 5.62. The smallest absolute Gasteiger partial charge is 0.0605 e. The Balaban J connectivity index is -0.000000320. The van der Waals surface area contributed by atoms with Crippen LogP contribution in [0.15, 0.2) is 0 Å². The molecule has 0 amide bonds. The number of halogens is 1. The highest BCUT2D eigenvalue weighted by atomic mass is 35.5. The molecule has 0 rings (SSSR count). The van der Waals surface area contributed by atoms with Crippen LogP contribution in [0, 0.1) is 0 Å². The number of hydrogen-bond donors (Lipinski definition) is 0. The molecule has 0 bridgehead atoms. The Kier molecular flexibility index (Phi) is 7.89. The minimum Gasteiger partial charge on any atom is -0.370 e. The molecule has 72 valence electrons. The summed E-state index contributed by atoms with van der Waals surface area (Å²) in [6.07, 6.45) is 0. The second-order valence-electron chi connectivity index (χ2n) is 4.33. The average molecular weight is 183 g/mol. The summed E-state index contributed by atoms with van der Waals surface area (Å²) in [5.41, 5.74) is -0.0312. The molecular formula is C9H23ClO. The third-order valence-electron chi connectivity index (χ3n) is 0.612. The van der Waals surface area contributed by atoms with Crippen molar-refractivity contribution in [2.24, 2.45) is 0 Å². The highest BCUT2D eigenvalue weighted by molar-refractivity contribution is 5.85. The molecular weight excluding hydrogens is 160 g/mol. The second-order valence-corrected chi connectivity index (χ2v) is 4.33. The Labute approximate surface area is 77.9 Å². The van der Waals surface area contributed by atoms with Gasteiger partial charge >= 0.3 is 0 Å². The van der Waals surface area contributed by atoms with E-state index < -0.39 is 0 Å². The van der Waals surface area contributed by atoms with Crippen LogP contribution in [0.25, 0.3) is 0 Å². The Hall–Kier alpha value is 0.250. The van der Waals surface area contributed by atoms with Crippen molar-refractivity contribution in [1.82, 2.24) is 0 Å². The summed E-state index contributed by atoms with van der Waals surface area (Å²) in [6.45, 7) is 12.4. The fourth-order valence-corrected chi connectivity index (χ4v) is 0.919. The maximum Gasteiger partial charge on any atom is 0.0605 e. The van der Waals surface area contributed by atoms with Crippen molar-refractivity contribution in [3.8, 4) is 0 Å². The van der Waals surface area contributed by atoms with Gasteiger partial charge in [-0.1, -0.05) is 7.43 Å². The van der Waals surface area contributed by atoms with Crippen LogP contribution in [-0.4, -0.2) is 11.2 Å². The first-order valence-corrected chi connectivity index (χ1v) is 3.41. The van der Waals surface area contributed by atoms with Crippen LogP contribution in [0.1, 0.15) is 49.0 Å². The normalized spacial score (nSPS) is 11.5. The third-order valence-corrected chi connectivity index (χ3v) is 0.612. The van der Waals surface area contributed by atoms with Crippen LogP contribution < -0.4 is 0 Å². The summed E-state index contributed by atoms with van der Waals surface area (Å²) < 4.78 is 5.62. The van der Waals surface area contributed by atoms with Gasteiger partial charge in [-0.3, -0.25) is 0 Å². The van der Waals surface area contributed by atoms with E-state index in [1.807, 2.05) is 0 Å². The van der Waals surface area contributed by atoms with E-state index in [0.29, 0.717) is 0 Å². The van der Waals surface area contributed by atoms with E-state index in [4.69, 9.17) is 4.74 Å². The summed E-state index contributed by atoms with van der Waals surface area (Å²) in [4.78, 5) is 0. The monoisotopic (exact) mass is 182 g/mol. The van der Waals surface area contributed by atoms with Gasteiger partial charge in [-0.05, 0) is 41.5 Å². The maximum atomic E-state index is 5.62. The fourth-order valence-electron chi connectivity index (χ4n) is 0.919. The SMILES string of the molecule is C.CC(C)(C)OC(C)(C)C.Cl. The third kappa shape index (κ3) is 17.9. The van der Waals surface area contributed by atoms with E-state index >= 15 is 0 Å². The first-order valence-electron chi connectivity index (χ1n) is 3.41. The van der Waals surface area contributed by atoms with Crippen molar-refractivity contribution in [2.45, 2.75) is 60.2 Å². The minimum atomic E-state index is -0.0156. The van der Waals surface area contributed by atoms with E-state index in [2.05, 4.69) is 41.5 Å². The molecule has 0 aromatic heterocycles. The van der Waals surface area contributed by atoms with Gasteiger partial charge in [0.1, 0.15) is 0 Å². The van der Waals surface area contributed by atoms with Crippen LogP contribution in [0.4, 0.5) is 0 Å². The van der Waals surface area contributed by atoms with E-state index in [9.17, 15) is 0 Å². The summed E-state index contributed by atoms with van der Waals surface area (Å²) in [7, 11) is 0. The van der Waals surface area contributed by atoms with Gasteiger partial charge in [0, 0.05) is 0 Å². The molecule has 0 radical (unpaired) electrons. The molecule has 0 saturated heterocycles. The quantitative estimate of drug-likeness (QED) is 0.556. The molecule has 0 aromatic carbocycles. The number of ether oxygens (including phenoxy) is 1. The topological polar surface area (TPSA) is 9.23 Å². The van der Waals surface area contributed by atoms with Gasteiger partial charge in [0.15, 0.2) is 0 Å². The zero-order chi connectivity index (χ0) is 7.71. The van der Waals surface area contributed by atoms with Crippen LogP contribution in [0.5, 0.6) is 0 Å². The van der Waals surface area contributed by atoms with Gasteiger partial charge in [-0.15, -0.1) is 12.4 Å². The molecule has 0 atom stereocenters. The lowest BCUT2D eigenvalue weighted by Gasteiger charge is -2.30. The van der Waals surface area contributed by atoms with Gasteiger partial charge in [0.2, 0.25) is 0 Å². The highest BCUT2D eigenvalue weighted by Gasteiger charge is 2.19. The van der Waals surface area contributed by atoms with Crippen LogP contribution in [-0.2, 0) is 4.74 Å². The zero-order valence-corrected chi connectivity index (χ0v) is 8.63. The van der Waals surface area contributed by atoms with Crippen molar-refractivity contribution < 1.29 is 4.74 Å². The first kappa shape index (κ1) is 17.4. The molecule has 0 aliphatic heterocycles. The van der Waals surface area contributed by atoms with Crippen LogP contribution in [0.3, 0.4) is 0 Å². The lowest BCUT2D eigenvalue weighted by atomic mass is 10.1. The molecule has 0 spiro atoms. The van der Waals surface area contributed by atoms with Gasteiger partial charge in [0.25, 0.3) is 0 Å². The molecule has 0 heterocycles. The highest BCUT2D eigenvalue weighted by Crippen LogP contribution is 2.17. The largest absolute Gasteiger partial charge is 0.370 e. The molecule has 0 fully saturated rings. The van der Waals surface area contributed by atoms with Gasteiger partial charge in [-0.25, -0.2) is 0 Å². The summed E-state index contributed by atoms with van der Waals surface area (Å²) in [6, 6.07) is 0. The Morgan fingerprint density at radius 3 is 0.909 bits per heavy atom. The van der Waals surface area contributed by atoms with E-state index in [0.717, 1.165) is 0 Å². The number of hydrogen-bond acceptors (Lipinski definition) is 1. The molecule has 0 aliphatic carbocycles. The lowest BCUT2D eigenvalue weighted by Crippen LogP contribution is -2.31. The zero-order valence-electron chi connectivity index (χ0n) is 7.82.